The summed E-state index contributed by atoms with van der Waals surface area (Å²) in [4.78, 5) is 21.4. The number of pyridine rings is 1. The van der Waals surface area contributed by atoms with Gasteiger partial charge in [0, 0.05) is 6.07 Å². The number of nitrogens with one attached hydrogen (secondary N) is 1. The summed E-state index contributed by atoms with van der Waals surface area (Å²) in [6, 6.07) is 0.377. The molecule has 1 aromatic heterocycles. The van der Waals surface area contributed by atoms with Crippen LogP contribution in [0.5, 0.6) is 5.75 Å². The molecule has 0 amide bonds. The third-order valence-corrected chi connectivity index (χ3v) is 1.45. The zero-order valence-electron chi connectivity index (χ0n) is 6.53. The van der Waals surface area contributed by atoms with Crippen LogP contribution < -0.4 is 5.56 Å². The van der Waals surface area contributed by atoms with Crippen LogP contribution in [-0.2, 0) is 0 Å². The molecule has 0 bridgehead atoms. The van der Waals surface area contributed by atoms with Crippen LogP contribution in [0, 0.1) is 10.1 Å². The molecule has 0 spiro atoms. The zero-order chi connectivity index (χ0) is 10.9. The standard InChI is InChI=1S/C6H4F2N2O4/c7-4(8)2-1-3(11)5(10(13)14)9-6(2)12/h1,4,11H,(H,9,12). The van der Waals surface area contributed by atoms with Gasteiger partial charge >= 0.3 is 11.4 Å². The Kier molecular flexibility index (Phi) is 2.45. The van der Waals surface area contributed by atoms with Crippen molar-refractivity contribution < 1.29 is 18.8 Å². The number of hydrogen-bond donors (Lipinski definition) is 2. The van der Waals surface area contributed by atoms with Crippen molar-refractivity contribution in [1.82, 2.24) is 4.98 Å². The van der Waals surface area contributed by atoms with E-state index in [9.17, 15) is 23.7 Å². The van der Waals surface area contributed by atoms with E-state index in [4.69, 9.17) is 5.11 Å². The summed E-state index contributed by atoms with van der Waals surface area (Å²) in [5, 5.41) is 19.0. The van der Waals surface area contributed by atoms with E-state index >= 15 is 0 Å². The van der Waals surface area contributed by atoms with Gasteiger partial charge in [0.15, 0.2) is 0 Å². The fourth-order valence-electron chi connectivity index (χ4n) is 0.826. The van der Waals surface area contributed by atoms with Crippen LogP contribution in [0.1, 0.15) is 12.0 Å². The van der Waals surface area contributed by atoms with E-state index in [1.165, 1.54) is 0 Å². The second kappa shape index (κ2) is 3.40. The Morgan fingerprint density at radius 1 is 1.57 bits per heavy atom. The highest BCUT2D eigenvalue weighted by Gasteiger charge is 2.21. The molecular formula is C6H4F2N2O4. The summed E-state index contributed by atoms with van der Waals surface area (Å²) in [6.07, 6.45) is -3.09. The average Bonchev–Trinajstić information content (AvgIpc) is 2.07. The molecule has 1 heterocycles. The molecule has 76 valence electrons. The lowest BCUT2D eigenvalue weighted by Crippen LogP contribution is -2.14. The summed E-state index contributed by atoms with van der Waals surface area (Å²) >= 11 is 0. The molecule has 1 rings (SSSR count). The lowest BCUT2D eigenvalue weighted by atomic mass is 10.2. The van der Waals surface area contributed by atoms with Crippen molar-refractivity contribution in [3.63, 3.8) is 0 Å². The molecule has 2 N–H and O–H groups in total. The highest BCUT2D eigenvalue weighted by molar-refractivity contribution is 5.40. The van der Waals surface area contributed by atoms with Crippen molar-refractivity contribution >= 4 is 5.82 Å². The number of nitrogens with zero attached hydrogens (tertiary/aromatic N) is 1. The maximum Gasteiger partial charge on any atom is 0.365 e. The van der Waals surface area contributed by atoms with Crippen molar-refractivity contribution in [2.24, 2.45) is 0 Å². The van der Waals surface area contributed by atoms with Gasteiger partial charge in [-0.15, -0.1) is 0 Å². The van der Waals surface area contributed by atoms with Gasteiger partial charge in [-0.05, 0) is 4.92 Å². The summed E-state index contributed by atoms with van der Waals surface area (Å²) in [5.74, 6) is -2.00. The normalized spacial score (nSPS) is 10.5. The Morgan fingerprint density at radius 3 is 2.57 bits per heavy atom. The third kappa shape index (κ3) is 1.68. The minimum atomic E-state index is -3.09. The predicted molar refractivity (Wildman–Crippen MR) is 40.3 cm³/mol. The van der Waals surface area contributed by atoms with E-state index in [-0.39, 0.29) is 0 Å². The van der Waals surface area contributed by atoms with Crippen LogP contribution >= 0.6 is 0 Å². The van der Waals surface area contributed by atoms with Crippen LogP contribution in [-0.4, -0.2) is 15.0 Å². The summed E-state index contributed by atoms with van der Waals surface area (Å²) in [5.41, 5.74) is -2.29. The van der Waals surface area contributed by atoms with Gasteiger partial charge in [-0.1, -0.05) is 0 Å². The molecule has 1 aromatic rings. The Balaban J connectivity index is 3.39. The minimum absolute atomic E-state index is 0.377. The quantitative estimate of drug-likeness (QED) is 0.555. The first kappa shape index (κ1) is 10.1. The second-order valence-corrected chi connectivity index (χ2v) is 2.35. The van der Waals surface area contributed by atoms with Gasteiger partial charge in [0.05, 0.1) is 0 Å². The molecule has 8 heteroatoms. The van der Waals surface area contributed by atoms with Crippen LogP contribution in [0.3, 0.4) is 0 Å². The lowest BCUT2D eigenvalue weighted by molar-refractivity contribution is -0.390. The first-order valence-electron chi connectivity index (χ1n) is 3.32. The molecule has 6 nitrogen and oxygen atoms in total. The van der Waals surface area contributed by atoms with Crippen LogP contribution in [0.25, 0.3) is 0 Å². The number of nitro groups is 1. The van der Waals surface area contributed by atoms with Crippen molar-refractivity contribution in [1.29, 1.82) is 0 Å². The fourth-order valence-corrected chi connectivity index (χ4v) is 0.826. The van der Waals surface area contributed by atoms with Crippen LogP contribution in [0.2, 0.25) is 0 Å². The van der Waals surface area contributed by atoms with E-state index in [0.717, 1.165) is 0 Å². The van der Waals surface area contributed by atoms with Gasteiger partial charge in [-0.3, -0.25) is 0 Å². The molecule has 14 heavy (non-hydrogen) atoms. The van der Waals surface area contributed by atoms with Gasteiger partial charge in [-0.2, -0.15) is 4.98 Å². The van der Waals surface area contributed by atoms with Gasteiger partial charge in [0.25, 0.3) is 6.43 Å². The van der Waals surface area contributed by atoms with Gasteiger partial charge < -0.3 is 15.2 Å². The van der Waals surface area contributed by atoms with E-state index in [1.54, 1.807) is 4.98 Å². The molecule has 0 saturated heterocycles. The molecule has 0 atom stereocenters. The molecule has 0 aliphatic rings. The average molecular weight is 206 g/mol. The lowest BCUT2D eigenvalue weighted by Gasteiger charge is -1.99. The Labute approximate surface area is 75.0 Å². The second-order valence-electron chi connectivity index (χ2n) is 2.35. The molecule has 0 aliphatic carbocycles. The molecule has 0 radical (unpaired) electrons. The fraction of sp³-hybridized carbons (Fsp3) is 0.167. The van der Waals surface area contributed by atoms with E-state index in [1.807, 2.05) is 0 Å². The third-order valence-electron chi connectivity index (χ3n) is 1.45. The van der Waals surface area contributed by atoms with Gasteiger partial charge in [0.2, 0.25) is 5.75 Å². The van der Waals surface area contributed by atoms with Crippen molar-refractivity contribution in [3.05, 3.63) is 32.1 Å². The van der Waals surface area contributed by atoms with Gasteiger partial charge in [-0.25, -0.2) is 13.6 Å². The van der Waals surface area contributed by atoms with Crippen molar-refractivity contribution in [2.45, 2.75) is 6.43 Å². The highest BCUT2D eigenvalue weighted by Crippen LogP contribution is 2.25. The van der Waals surface area contributed by atoms with Crippen LogP contribution in [0.15, 0.2) is 10.9 Å². The number of aromatic hydroxyl groups is 1. The van der Waals surface area contributed by atoms with Crippen molar-refractivity contribution in [2.75, 3.05) is 0 Å². The Morgan fingerprint density at radius 2 is 2.14 bits per heavy atom. The molecule has 0 aromatic carbocycles. The SMILES string of the molecule is O=c1[nH]c([N+](=O)[O-])c(O)cc1C(F)F. The summed E-state index contributed by atoms with van der Waals surface area (Å²) in [7, 11) is 0. The molecule has 0 fully saturated rings. The maximum absolute atomic E-state index is 12.0. The topological polar surface area (TPSA) is 96.2 Å². The number of halogens is 2. The minimum Gasteiger partial charge on any atom is -0.501 e. The summed E-state index contributed by atoms with van der Waals surface area (Å²) < 4.78 is 24.1. The number of aromatic nitrogens is 1. The first-order valence-corrected chi connectivity index (χ1v) is 3.32. The predicted octanol–water partition coefficient (Wildman–Crippen LogP) is 0.926. The molecular weight excluding hydrogens is 202 g/mol. The number of rotatable bonds is 2. The number of hydrogen-bond acceptors (Lipinski definition) is 4. The van der Waals surface area contributed by atoms with Crippen molar-refractivity contribution in [3.8, 4) is 5.75 Å². The highest BCUT2D eigenvalue weighted by atomic mass is 19.3. The van der Waals surface area contributed by atoms with Crippen LogP contribution in [0.4, 0.5) is 14.6 Å². The van der Waals surface area contributed by atoms with E-state index in [0.29, 0.717) is 6.07 Å². The Hall–Kier alpha value is -1.99. The smallest absolute Gasteiger partial charge is 0.365 e. The number of H-pyrrole nitrogens is 1. The summed E-state index contributed by atoms with van der Waals surface area (Å²) in [6.45, 7) is 0. The largest absolute Gasteiger partial charge is 0.501 e. The number of alkyl halides is 2. The maximum atomic E-state index is 12.0. The molecule has 0 unspecified atom stereocenters. The van der Waals surface area contributed by atoms with Gasteiger partial charge in [0.1, 0.15) is 5.56 Å². The zero-order valence-corrected chi connectivity index (χ0v) is 6.53. The first-order chi connectivity index (χ1) is 6.43. The van der Waals surface area contributed by atoms with E-state index in [2.05, 4.69) is 0 Å². The Bertz CT molecular complexity index is 428. The monoisotopic (exact) mass is 206 g/mol. The van der Waals surface area contributed by atoms with E-state index < -0.39 is 34.0 Å². The number of aromatic amines is 1. The molecule has 0 saturated carbocycles. The molecule has 0 aliphatic heterocycles.